The Balaban J connectivity index is 1.97. The van der Waals surface area contributed by atoms with Crippen LogP contribution in [0.25, 0.3) is 0 Å². The van der Waals surface area contributed by atoms with Crippen LogP contribution in [0.3, 0.4) is 0 Å². The molecule has 0 saturated heterocycles. The van der Waals surface area contributed by atoms with Gasteiger partial charge in [0, 0.05) is 11.1 Å². The van der Waals surface area contributed by atoms with Gasteiger partial charge in [-0.3, -0.25) is 4.79 Å². The molecule has 0 heterocycles. The van der Waals surface area contributed by atoms with Gasteiger partial charge in [0.25, 0.3) is 0 Å². The fourth-order valence-corrected chi connectivity index (χ4v) is 2.07. The smallest absolute Gasteiger partial charge is 0.193 e. The van der Waals surface area contributed by atoms with Crippen LogP contribution in [0.1, 0.15) is 32.6 Å². The second-order valence-electron chi connectivity index (χ2n) is 4.19. The molecule has 0 aromatic heterocycles. The summed E-state index contributed by atoms with van der Waals surface area (Å²) in [6.07, 6.45) is 0.911. The second-order valence-corrected chi connectivity index (χ2v) is 4.19. The maximum Gasteiger partial charge on any atom is 0.193 e. The number of nitrogens with zero attached hydrogens (tertiary/aromatic N) is 1. The number of fused-ring (bicyclic) bond motifs is 2. The number of ketones is 1. The number of benzene rings is 2. The molecule has 0 fully saturated rings. The van der Waals surface area contributed by atoms with Crippen molar-refractivity contribution in [2.24, 2.45) is 0 Å². The topological polar surface area (TPSA) is 40.9 Å². The van der Waals surface area contributed by atoms with E-state index in [1.807, 2.05) is 18.2 Å². The number of rotatable bonds is 2. The molecular formula is C15H9NO. The predicted molar refractivity (Wildman–Crippen MR) is 63.8 cm³/mol. The minimum atomic E-state index is 0.0377. The highest BCUT2D eigenvalue weighted by atomic mass is 16.1. The molecule has 0 aliphatic heterocycles. The molecule has 0 saturated carbocycles. The van der Waals surface area contributed by atoms with Crippen LogP contribution in [0, 0.1) is 11.3 Å². The minimum absolute atomic E-state index is 0.0377. The summed E-state index contributed by atoms with van der Waals surface area (Å²) in [6.45, 7) is 0. The van der Waals surface area contributed by atoms with Gasteiger partial charge in [-0.25, -0.2) is 0 Å². The van der Waals surface area contributed by atoms with Crippen molar-refractivity contribution >= 4 is 5.78 Å². The van der Waals surface area contributed by atoms with Gasteiger partial charge in [0.05, 0.1) is 11.6 Å². The van der Waals surface area contributed by atoms with Crippen molar-refractivity contribution in [2.75, 3.05) is 0 Å². The van der Waals surface area contributed by atoms with E-state index in [1.54, 1.807) is 24.3 Å². The third-order valence-corrected chi connectivity index (χ3v) is 3.09. The van der Waals surface area contributed by atoms with E-state index in [4.69, 9.17) is 5.26 Å². The standard InChI is InChI=1S/C15H9NO/c16-9-10-1-4-12(5-2-10)15(17)14-6-3-11-7-13(14)8-11/h1-7H,8H2. The molecule has 2 aliphatic carbocycles. The van der Waals surface area contributed by atoms with Gasteiger partial charge >= 0.3 is 0 Å². The first-order valence-electron chi connectivity index (χ1n) is 5.44. The van der Waals surface area contributed by atoms with Gasteiger partial charge in [0.2, 0.25) is 0 Å². The Hall–Kier alpha value is -2.40. The summed E-state index contributed by atoms with van der Waals surface area (Å²) in [5, 5.41) is 8.70. The molecule has 0 amide bonds. The van der Waals surface area contributed by atoms with Gasteiger partial charge in [0.1, 0.15) is 0 Å². The summed E-state index contributed by atoms with van der Waals surface area (Å²) >= 11 is 0. The Morgan fingerprint density at radius 1 is 1.12 bits per heavy atom. The lowest BCUT2D eigenvalue weighted by atomic mass is 9.85. The van der Waals surface area contributed by atoms with E-state index in [0.29, 0.717) is 11.1 Å². The summed E-state index contributed by atoms with van der Waals surface area (Å²) in [5.41, 5.74) is 4.40. The number of nitriles is 1. The highest BCUT2D eigenvalue weighted by molar-refractivity contribution is 6.10. The summed E-state index contributed by atoms with van der Waals surface area (Å²) in [6, 6.07) is 14.7. The molecule has 2 aliphatic rings. The van der Waals surface area contributed by atoms with Crippen molar-refractivity contribution in [3.05, 3.63) is 70.3 Å². The number of hydrogen-bond acceptors (Lipinski definition) is 2. The Bertz CT molecular complexity index is 644. The van der Waals surface area contributed by atoms with Crippen LogP contribution in [-0.4, -0.2) is 5.78 Å². The first kappa shape index (κ1) is 9.80. The molecule has 0 radical (unpaired) electrons. The summed E-state index contributed by atoms with van der Waals surface area (Å²) in [4.78, 5) is 12.2. The first-order valence-corrected chi connectivity index (χ1v) is 5.44. The van der Waals surface area contributed by atoms with E-state index in [-0.39, 0.29) is 5.78 Å². The van der Waals surface area contributed by atoms with Crippen molar-refractivity contribution in [1.29, 1.82) is 5.26 Å². The molecule has 0 atom stereocenters. The molecular weight excluding hydrogens is 210 g/mol. The predicted octanol–water partition coefficient (Wildman–Crippen LogP) is 2.69. The van der Waals surface area contributed by atoms with Crippen LogP contribution in [-0.2, 0) is 6.42 Å². The van der Waals surface area contributed by atoms with Crippen LogP contribution in [0.15, 0.2) is 42.5 Å². The maximum atomic E-state index is 12.2. The Morgan fingerprint density at radius 2 is 1.82 bits per heavy atom. The van der Waals surface area contributed by atoms with Gasteiger partial charge in [-0.05, 0) is 41.8 Å². The van der Waals surface area contributed by atoms with E-state index in [0.717, 1.165) is 17.5 Å². The van der Waals surface area contributed by atoms with Crippen LogP contribution < -0.4 is 0 Å². The average Bonchev–Trinajstić information content (AvgIpc) is 2.37. The summed E-state index contributed by atoms with van der Waals surface area (Å²) < 4.78 is 0. The lowest BCUT2D eigenvalue weighted by Gasteiger charge is -2.18. The SMILES string of the molecule is N#Cc1ccc(C(=O)c2ccc3cc2C3)cc1. The molecule has 17 heavy (non-hydrogen) atoms. The zero-order chi connectivity index (χ0) is 11.8. The minimum Gasteiger partial charge on any atom is -0.289 e. The molecule has 0 N–H and O–H groups in total. The first-order chi connectivity index (χ1) is 8.28. The van der Waals surface area contributed by atoms with Gasteiger partial charge in [-0.15, -0.1) is 0 Å². The monoisotopic (exact) mass is 219 g/mol. The molecule has 4 rings (SSSR count). The van der Waals surface area contributed by atoms with E-state index >= 15 is 0 Å². The van der Waals surface area contributed by atoms with E-state index in [2.05, 4.69) is 6.07 Å². The van der Waals surface area contributed by atoms with Crippen molar-refractivity contribution < 1.29 is 4.79 Å². The molecule has 80 valence electrons. The molecule has 0 unspecified atom stereocenters. The van der Waals surface area contributed by atoms with Gasteiger partial charge in [-0.2, -0.15) is 5.26 Å². The highest BCUT2D eigenvalue weighted by Crippen LogP contribution is 2.26. The number of carbonyl (C=O) groups excluding carboxylic acids is 1. The van der Waals surface area contributed by atoms with E-state index < -0.39 is 0 Å². The quantitative estimate of drug-likeness (QED) is 0.622. The normalized spacial score (nSPS) is 11.5. The Kier molecular flexibility index (Phi) is 2.06. The Morgan fingerprint density at radius 3 is 2.35 bits per heavy atom. The fourth-order valence-electron chi connectivity index (χ4n) is 2.07. The second kappa shape index (κ2) is 3.57. The number of hydrogen-bond donors (Lipinski definition) is 0. The van der Waals surface area contributed by atoms with Gasteiger partial charge in [0.15, 0.2) is 5.78 Å². The third kappa shape index (κ3) is 1.53. The largest absolute Gasteiger partial charge is 0.289 e. The summed E-state index contributed by atoms with van der Waals surface area (Å²) in [7, 11) is 0. The number of carbonyl (C=O) groups is 1. The lowest BCUT2D eigenvalue weighted by molar-refractivity contribution is 0.103. The van der Waals surface area contributed by atoms with Crippen LogP contribution in [0.4, 0.5) is 0 Å². The maximum absolute atomic E-state index is 12.2. The lowest BCUT2D eigenvalue weighted by Crippen LogP contribution is -2.11. The average molecular weight is 219 g/mol. The highest BCUT2D eigenvalue weighted by Gasteiger charge is 2.19. The van der Waals surface area contributed by atoms with Crippen LogP contribution in [0.5, 0.6) is 0 Å². The molecule has 2 heteroatoms. The molecule has 2 aromatic carbocycles. The van der Waals surface area contributed by atoms with E-state index in [1.165, 1.54) is 5.56 Å². The summed E-state index contributed by atoms with van der Waals surface area (Å²) in [5.74, 6) is 0.0377. The van der Waals surface area contributed by atoms with Crippen LogP contribution >= 0.6 is 0 Å². The van der Waals surface area contributed by atoms with Crippen LogP contribution in [0.2, 0.25) is 0 Å². The molecule has 0 spiro atoms. The molecule has 2 bridgehead atoms. The zero-order valence-electron chi connectivity index (χ0n) is 9.10. The van der Waals surface area contributed by atoms with Gasteiger partial charge < -0.3 is 0 Å². The van der Waals surface area contributed by atoms with Crippen molar-refractivity contribution in [2.45, 2.75) is 6.42 Å². The zero-order valence-corrected chi connectivity index (χ0v) is 9.10. The van der Waals surface area contributed by atoms with Crippen molar-refractivity contribution in [1.82, 2.24) is 0 Å². The van der Waals surface area contributed by atoms with Gasteiger partial charge in [-0.1, -0.05) is 18.2 Å². The van der Waals surface area contributed by atoms with Crippen molar-refractivity contribution in [3.8, 4) is 6.07 Å². The molecule has 2 aromatic rings. The van der Waals surface area contributed by atoms with Crippen molar-refractivity contribution in [3.63, 3.8) is 0 Å². The third-order valence-electron chi connectivity index (χ3n) is 3.09. The molecule has 2 nitrogen and oxygen atoms in total. The van der Waals surface area contributed by atoms with E-state index in [9.17, 15) is 4.79 Å². The fraction of sp³-hybridized carbons (Fsp3) is 0.0667. The Labute approximate surface area is 99.1 Å².